The van der Waals surface area contributed by atoms with Gasteiger partial charge < -0.3 is 10.6 Å². The number of rotatable bonds is 2. The molecule has 0 atom stereocenters. The molecule has 11 heteroatoms. The second-order valence-electron chi connectivity index (χ2n) is 3.35. The topological polar surface area (TPSA) is 80.8 Å². The molecule has 19 heavy (non-hydrogen) atoms. The Kier molecular flexibility index (Phi) is 3.45. The lowest BCUT2D eigenvalue weighted by atomic mass is 10.5. The molecule has 0 saturated heterocycles. The predicted octanol–water partition coefficient (Wildman–Crippen LogP) is 2.35. The van der Waals surface area contributed by atoms with E-state index in [9.17, 15) is 13.2 Å². The Bertz CT molecular complexity index is 580. The average molecular weight is 311 g/mol. The summed E-state index contributed by atoms with van der Waals surface area (Å²) in [5.74, 6) is 0.136. The number of halogens is 4. The molecule has 2 heterocycles. The molecule has 0 fully saturated rings. The van der Waals surface area contributed by atoms with Gasteiger partial charge in [-0.05, 0) is 0 Å². The summed E-state index contributed by atoms with van der Waals surface area (Å²) in [5, 5.41) is 5.58. The molecule has 0 bridgehead atoms. The minimum atomic E-state index is -4.53. The predicted molar refractivity (Wildman–Crippen MR) is 64.4 cm³/mol. The van der Waals surface area contributed by atoms with Crippen molar-refractivity contribution in [1.29, 1.82) is 0 Å². The quantitative estimate of drug-likeness (QED) is 0.858. The molecule has 0 aromatic carbocycles. The van der Waals surface area contributed by atoms with Gasteiger partial charge in [0.05, 0.1) is 0 Å². The zero-order valence-corrected chi connectivity index (χ0v) is 10.9. The van der Waals surface area contributed by atoms with Gasteiger partial charge in [-0.15, -0.1) is 10.2 Å². The lowest BCUT2D eigenvalue weighted by Gasteiger charge is -2.14. The van der Waals surface area contributed by atoms with Gasteiger partial charge in [-0.3, -0.25) is 0 Å². The molecule has 0 radical (unpaired) electrons. The first kappa shape index (κ1) is 13.7. The zero-order valence-electron chi connectivity index (χ0n) is 9.31. The first-order valence-corrected chi connectivity index (χ1v) is 5.91. The number of hydrogen-bond acceptors (Lipinski definition) is 7. The smallest absolute Gasteiger partial charge is 0.368 e. The highest BCUT2D eigenvalue weighted by Crippen LogP contribution is 2.35. The molecular formula is C8H6ClF3N6S. The van der Waals surface area contributed by atoms with E-state index in [-0.39, 0.29) is 22.1 Å². The maximum absolute atomic E-state index is 12.4. The number of nitrogens with two attached hydrogens (primary N) is 1. The Balaban J connectivity index is 2.33. The Hall–Kier alpha value is -1.68. The highest BCUT2D eigenvalue weighted by molar-refractivity contribution is 7.15. The summed E-state index contributed by atoms with van der Waals surface area (Å²) in [6, 6.07) is 1.35. The Morgan fingerprint density at radius 2 is 2.00 bits per heavy atom. The number of anilines is 3. The molecule has 0 amide bonds. The van der Waals surface area contributed by atoms with Crippen molar-refractivity contribution in [2.75, 3.05) is 17.7 Å². The third kappa shape index (κ3) is 3.01. The second kappa shape index (κ2) is 4.78. The normalized spacial score (nSPS) is 11.6. The van der Waals surface area contributed by atoms with Gasteiger partial charge in [0.15, 0.2) is 0 Å². The summed E-state index contributed by atoms with van der Waals surface area (Å²) >= 11 is 6.08. The average Bonchev–Trinajstić information content (AvgIpc) is 2.75. The van der Waals surface area contributed by atoms with Crippen LogP contribution in [0.1, 0.15) is 5.01 Å². The summed E-state index contributed by atoms with van der Waals surface area (Å²) in [4.78, 5) is 8.78. The number of aromatic nitrogens is 4. The van der Waals surface area contributed by atoms with Gasteiger partial charge in [0.25, 0.3) is 0 Å². The highest BCUT2D eigenvalue weighted by Gasteiger charge is 2.36. The summed E-state index contributed by atoms with van der Waals surface area (Å²) < 4.78 is 37.3. The van der Waals surface area contributed by atoms with Gasteiger partial charge in [0.1, 0.15) is 11.0 Å². The molecule has 2 aromatic rings. The number of alkyl halides is 3. The van der Waals surface area contributed by atoms with E-state index in [1.807, 2.05) is 0 Å². The van der Waals surface area contributed by atoms with E-state index < -0.39 is 11.2 Å². The van der Waals surface area contributed by atoms with Crippen LogP contribution < -0.4 is 10.6 Å². The van der Waals surface area contributed by atoms with Crippen molar-refractivity contribution in [3.8, 4) is 0 Å². The lowest BCUT2D eigenvalue weighted by Crippen LogP contribution is -2.12. The van der Waals surface area contributed by atoms with E-state index >= 15 is 0 Å². The van der Waals surface area contributed by atoms with E-state index in [1.54, 1.807) is 0 Å². The van der Waals surface area contributed by atoms with Crippen LogP contribution in [0.4, 0.5) is 30.1 Å². The summed E-state index contributed by atoms with van der Waals surface area (Å²) in [6.07, 6.45) is -4.53. The molecule has 2 rings (SSSR count). The van der Waals surface area contributed by atoms with Crippen molar-refractivity contribution in [2.45, 2.75) is 6.18 Å². The molecule has 6 nitrogen and oxygen atoms in total. The maximum Gasteiger partial charge on any atom is 0.445 e. The molecule has 102 valence electrons. The van der Waals surface area contributed by atoms with Crippen LogP contribution in [0, 0.1) is 0 Å². The molecule has 0 spiro atoms. The number of nitrogen functional groups attached to an aromatic ring is 1. The molecular weight excluding hydrogens is 305 g/mol. The van der Waals surface area contributed by atoms with Crippen molar-refractivity contribution in [1.82, 2.24) is 20.2 Å². The standard InChI is InChI=1S/C8H6ClF3N6S/c1-18(4-2-3(9)14-6(13)15-4)7-17-16-5(19-7)8(10,11)12/h2H,1H3,(H2,13,14,15). The molecule has 2 N–H and O–H groups in total. The number of hydrogen-bond donors (Lipinski definition) is 1. The van der Waals surface area contributed by atoms with E-state index in [4.69, 9.17) is 17.3 Å². The second-order valence-corrected chi connectivity index (χ2v) is 4.70. The lowest BCUT2D eigenvalue weighted by molar-refractivity contribution is -0.138. The SMILES string of the molecule is CN(c1cc(Cl)nc(N)n1)c1nnc(C(F)(F)F)s1. The summed E-state index contributed by atoms with van der Waals surface area (Å²) in [5.41, 5.74) is 5.40. The highest BCUT2D eigenvalue weighted by atomic mass is 35.5. The Morgan fingerprint density at radius 3 is 2.53 bits per heavy atom. The van der Waals surface area contributed by atoms with Crippen molar-refractivity contribution in [2.24, 2.45) is 0 Å². The molecule has 0 saturated carbocycles. The maximum atomic E-state index is 12.4. The first-order chi connectivity index (χ1) is 8.77. The molecule has 0 unspecified atom stereocenters. The van der Waals surface area contributed by atoms with Gasteiger partial charge >= 0.3 is 6.18 Å². The fourth-order valence-electron chi connectivity index (χ4n) is 1.16. The summed E-state index contributed by atoms with van der Waals surface area (Å²) in [7, 11) is 1.47. The molecule has 0 aliphatic heterocycles. The molecule has 0 aliphatic rings. The third-order valence-electron chi connectivity index (χ3n) is 1.99. The molecule has 2 aromatic heterocycles. The van der Waals surface area contributed by atoms with Crippen LogP contribution in [0.5, 0.6) is 0 Å². The van der Waals surface area contributed by atoms with Crippen LogP contribution >= 0.6 is 22.9 Å². The zero-order chi connectivity index (χ0) is 14.2. The molecule has 0 aliphatic carbocycles. The van der Waals surface area contributed by atoms with E-state index in [0.29, 0.717) is 11.3 Å². The van der Waals surface area contributed by atoms with Gasteiger partial charge in [-0.1, -0.05) is 22.9 Å². The van der Waals surface area contributed by atoms with Crippen LogP contribution in [0.25, 0.3) is 0 Å². The largest absolute Gasteiger partial charge is 0.445 e. The van der Waals surface area contributed by atoms with E-state index in [1.165, 1.54) is 18.0 Å². The van der Waals surface area contributed by atoms with Crippen LogP contribution in [-0.2, 0) is 6.18 Å². The van der Waals surface area contributed by atoms with Crippen LogP contribution in [0.3, 0.4) is 0 Å². The van der Waals surface area contributed by atoms with Crippen molar-refractivity contribution in [3.05, 3.63) is 16.2 Å². The van der Waals surface area contributed by atoms with Crippen LogP contribution in [0.2, 0.25) is 5.15 Å². The monoisotopic (exact) mass is 310 g/mol. The van der Waals surface area contributed by atoms with E-state index in [2.05, 4.69) is 20.2 Å². The van der Waals surface area contributed by atoms with Gasteiger partial charge in [-0.25, -0.2) is 4.98 Å². The third-order valence-corrected chi connectivity index (χ3v) is 3.22. The van der Waals surface area contributed by atoms with Crippen molar-refractivity contribution in [3.63, 3.8) is 0 Å². The fourth-order valence-corrected chi connectivity index (χ4v) is 2.02. The minimum absolute atomic E-state index is 0.0153. The van der Waals surface area contributed by atoms with Gasteiger partial charge in [-0.2, -0.15) is 18.2 Å². The Labute approximate surface area is 114 Å². The first-order valence-electron chi connectivity index (χ1n) is 4.72. The van der Waals surface area contributed by atoms with Crippen molar-refractivity contribution < 1.29 is 13.2 Å². The van der Waals surface area contributed by atoms with Crippen LogP contribution in [-0.4, -0.2) is 27.2 Å². The Morgan fingerprint density at radius 1 is 1.32 bits per heavy atom. The van der Waals surface area contributed by atoms with Gasteiger partial charge in [0, 0.05) is 13.1 Å². The van der Waals surface area contributed by atoms with Crippen LogP contribution in [0.15, 0.2) is 6.07 Å². The van der Waals surface area contributed by atoms with Gasteiger partial charge in [0.2, 0.25) is 16.1 Å². The van der Waals surface area contributed by atoms with Crippen molar-refractivity contribution >= 4 is 39.8 Å². The number of nitrogens with zero attached hydrogens (tertiary/aromatic N) is 5. The summed E-state index contributed by atoms with van der Waals surface area (Å²) in [6.45, 7) is 0. The fraction of sp³-hybridized carbons (Fsp3) is 0.250. The minimum Gasteiger partial charge on any atom is -0.368 e. The van der Waals surface area contributed by atoms with E-state index in [0.717, 1.165) is 0 Å².